The Labute approximate surface area is 87.1 Å². The molecule has 76 valence electrons. The number of halogens is 4. The van der Waals surface area contributed by atoms with Gasteiger partial charge in [0.2, 0.25) is 5.78 Å². The highest BCUT2D eigenvalue weighted by Crippen LogP contribution is 2.28. The van der Waals surface area contributed by atoms with Crippen molar-refractivity contribution < 1.29 is 18.0 Å². The summed E-state index contributed by atoms with van der Waals surface area (Å²) < 4.78 is 38.0. The molecule has 1 rings (SSSR count). The summed E-state index contributed by atoms with van der Waals surface area (Å²) in [5.41, 5.74) is -0.386. The van der Waals surface area contributed by atoms with Gasteiger partial charge in [0.05, 0.1) is 0 Å². The Morgan fingerprint density at radius 2 is 2.00 bits per heavy atom. The molecule has 1 nitrogen and oxygen atoms in total. The van der Waals surface area contributed by atoms with Crippen LogP contribution in [0.2, 0.25) is 0 Å². The van der Waals surface area contributed by atoms with Crippen LogP contribution in [0.1, 0.15) is 15.9 Å². The number of rotatable bonds is 2. The Bertz CT molecular complexity index is 371. The molecule has 0 heterocycles. The molecule has 0 aromatic heterocycles. The fourth-order valence-electron chi connectivity index (χ4n) is 1.01. The molecule has 1 aromatic rings. The molecular formula is C9H6BrF3O. The second-order valence-electron chi connectivity index (χ2n) is 2.74. The first-order valence-corrected chi connectivity index (χ1v) is 4.50. The second-order valence-corrected chi connectivity index (χ2v) is 3.74. The van der Waals surface area contributed by atoms with Crippen molar-refractivity contribution in [2.75, 3.05) is 0 Å². The highest BCUT2D eigenvalue weighted by molar-refractivity contribution is 9.10. The van der Waals surface area contributed by atoms with Gasteiger partial charge < -0.3 is 0 Å². The summed E-state index contributed by atoms with van der Waals surface area (Å²) in [7, 11) is 0. The molecule has 0 spiro atoms. The molecule has 0 unspecified atom stereocenters. The van der Waals surface area contributed by atoms with E-state index in [1.807, 2.05) is 15.9 Å². The quantitative estimate of drug-likeness (QED) is 0.593. The third kappa shape index (κ3) is 2.15. The van der Waals surface area contributed by atoms with Crippen molar-refractivity contribution in [1.29, 1.82) is 0 Å². The van der Waals surface area contributed by atoms with Crippen molar-refractivity contribution in [1.82, 2.24) is 0 Å². The monoisotopic (exact) mass is 266 g/mol. The third-order valence-electron chi connectivity index (χ3n) is 1.77. The van der Waals surface area contributed by atoms with Gasteiger partial charge in [-0.05, 0) is 34.5 Å². The van der Waals surface area contributed by atoms with Gasteiger partial charge in [-0.3, -0.25) is 4.79 Å². The predicted molar refractivity (Wildman–Crippen MR) is 49.3 cm³/mol. The summed E-state index contributed by atoms with van der Waals surface area (Å²) in [4.78, 5) is 7.43. The van der Waals surface area contributed by atoms with Gasteiger partial charge in [0, 0.05) is 5.56 Å². The second kappa shape index (κ2) is 3.73. The van der Waals surface area contributed by atoms with E-state index in [0.717, 1.165) is 12.1 Å². The largest absolute Gasteiger partial charge is 0.363 e. The van der Waals surface area contributed by atoms with Crippen molar-refractivity contribution in [3.63, 3.8) is 0 Å². The van der Waals surface area contributed by atoms with Crippen molar-refractivity contribution in [3.05, 3.63) is 35.1 Å². The zero-order valence-electron chi connectivity index (χ0n) is 7.15. The molecule has 0 aliphatic carbocycles. The molecule has 0 bridgehead atoms. The van der Waals surface area contributed by atoms with E-state index in [1.54, 1.807) is 0 Å². The number of hydrogen-bond acceptors (Lipinski definition) is 1. The zero-order chi connectivity index (χ0) is 10.9. The van der Waals surface area contributed by atoms with Gasteiger partial charge in [0.25, 0.3) is 0 Å². The molecule has 5 heteroatoms. The maximum Gasteiger partial charge on any atom is 0.363 e. The van der Waals surface area contributed by atoms with Crippen LogP contribution in [0.15, 0.2) is 18.2 Å². The van der Waals surface area contributed by atoms with Gasteiger partial charge in [-0.1, -0.05) is 12.1 Å². The Morgan fingerprint density at radius 3 is 2.50 bits per heavy atom. The first-order chi connectivity index (χ1) is 6.34. The van der Waals surface area contributed by atoms with Gasteiger partial charge >= 0.3 is 4.83 Å². The lowest BCUT2D eigenvalue weighted by Crippen LogP contribution is -2.22. The van der Waals surface area contributed by atoms with Crippen LogP contribution in [0.25, 0.3) is 0 Å². The Morgan fingerprint density at radius 1 is 1.43 bits per heavy atom. The van der Waals surface area contributed by atoms with E-state index >= 15 is 0 Å². The van der Waals surface area contributed by atoms with Crippen LogP contribution in [0, 0.1) is 12.7 Å². The van der Waals surface area contributed by atoms with Crippen LogP contribution in [-0.4, -0.2) is 10.6 Å². The maximum atomic E-state index is 12.9. The molecule has 0 saturated carbocycles. The zero-order valence-corrected chi connectivity index (χ0v) is 8.74. The van der Waals surface area contributed by atoms with E-state index in [0.29, 0.717) is 0 Å². The number of alkyl halides is 3. The highest BCUT2D eigenvalue weighted by Gasteiger charge is 2.36. The lowest BCUT2D eigenvalue weighted by atomic mass is 10.0. The molecule has 0 saturated heterocycles. The molecular weight excluding hydrogens is 261 g/mol. The van der Waals surface area contributed by atoms with Gasteiger partial charge in [0.1, 0.15) is 5.82 Å². The molecule has 0 radical (unpaired) electrons. The minimum absolute atomic E-state index is 0.0726. The summed E-state index contributed by atoms with van der Waals surface area (Å²) in [5.74, 6) is -2.11. The van der Waals surface area contributed by atoms with Crippen LogP contribution in [0.3, 0.4) is 0 Å². The van der Waals surface area contributed by atoms with E-state index in [9.17, 15) is 18.0 Å². The molecule has 0 atom stereocenters. The smallest absolute Gasteiger partial charge is 0.286 e. The molecule has 0 fully saturated rings. The van der Waals surface area contributed by atoms with Crippen molar-refractivity contribution in [2.24, 2.45) is 0 Å². The van der Waals surface area contributed by atoms with Gasteiger partial charge in [-0.15, -0.1) is 0 Å². The average Bonchev–Trinajstić information content (AvgIpc) is 2.07. The SMILES string of the molecule is Cc1c(F)cccc1C(=O)C(F)(F)Br. The fourth-order valence-corrected chi connectivity index (χ4v) is 1.22. The minimum atomic E-state index is -3.65. The number of benzene rings is 1. The number of hydrogen-bond donors (Lipinski definition) is 0. The summed E-state index contributed by atoms with van der Waals surface area (Å²) in [6, 6.07) is 3.49. The average molecular weight is 267 g/mol. The van der Waals surface area contributed by atoms with Gasteiger partial charge in [-0.25, -0.2) is 4.39 Å². The van der Waals surface area contributed by atoms with Crippen molar-refractivity contribution in [2.45, 2.75) is 11.8 Å². The van der Waals surface area contributed by atoms with Crippen LogP contribution >= 0.6 is 15.9 Å². The van der Waals surface area contributed by atoms with Gasteiger partial charge in [-0.2, -0.15) is 8.78 Å². The topological polar surface area (TPSA) is 17.1 Å². The normalized spacial score (nSPS) is 11.5. The van der Waals surface area contributed by atoms with E-state index in [4.69, 9.17) is 0 Å². The van der Waals surface area contributed by atoms with Crippen molar-refractivity contribution in [3.8, 4) is 0 Å². The number of Topliss-reactive ketones (excluding diaryl/α,β-unsaturated/α-hetero) is 1. The fraction of sp³-hybridized carbons (Fsp3) is 0.222. The summed E-state index contributed by atoms with van der Waals surface area (Å²) in [5, 5.41) is 0. The summed E-state index contributed by atoms with van der Waals surface area (Å²) in [6.45, 7) is 1.28. The van der Waals surface area contributed by atoms with Crippen molar-refractivity contribution >= 4 is 21.7 Å². The lowest BCUT2D eigenvalue weighted by Gasteiger charge is -2.09. The van der Waals surface area contributed by atoms with Crippen LogP contribution < -0.4 is 0 Å². The first-order valence-electron chi connectivity index (χ1n) is 3.70. The maximum absolute atomic E-state index is 12.9. The standard InChI is InChI=1S/C9H6BrF3O/c1-5-6(3-2-4-7(5)11)8(14)9(10,12)13/h2-4H,1H3. The Kier molecular flexibility index (Phi) is 2.99. The summed E-state index contributed by atoms with van der Waals surface area (Å²) in [6.07, 6.45) is 0. The first kappa shape index (κ1) is 11.2. The van der Waals surface area contributed by atoms with E-state index in [1.165, 1.54) is 13.0 Å². The molecule has 0 N–H and O–H groups in total. The highest BCUT2D eigenvalue weighted by atomic mass is 79.9. The van der Waals surface area contributed by atoms with Crippen LogP contribution in [0.5, 0.6) is 0 Å². The predicted octanol–water partition coefficient (Wildman–Crippen LogP) is 3.30. The van der Waals surface area contributed by atoms with E-state index in [2.05, 4.69) is 0 Å². The van der Waals surface area contributed by atoms with Gasteiger partial charge in [0.15, 0.2) is 0 Å². The molecule has 1 aromatic carbocycles. The molecule has 14 heavy (non-hydrogen) atoms. The Hall–Kier alpha value is -0.840. The Balaban J connectivity index is 3.21. The van der Waals surface area contributed by atoms with Crippen LogP contribution in [0.4, 0.5) is 13.2 Å². The third-order valence-corrected chi connectivity index (χ3v) is 2.13. The van der Waals surface area contributed by atoms with E-state index < -0.39 is 16.4 Å². The number of carbonyl (C=O) groups is 1. The molecule has 0 amide bonds. The molecule has 0 aliphatic rings. The van der Waals surface area contributed by atoms with Crippen LogP contribution in [-0.2, 0) is 0 Å². The summed E-state index contributed by atoms with van der Waals surface area (Å²) >= 11 is 1.93. The minimum Gasteiger partial charge on any atom is -0.286 e. The van der Waals surface area contributed by atoms with E-state index in [-0.39, 0.29) is 11.1 Å². The molecule has 0 aliphatic heterocycles. The number of carbonyl (C=O) groups excluding carboxylic acids is 1. The lowest BCUT2D eigenvalue weighted by molar-refractivity contribution is 0.0591. The number of ketones is 1.